The molecule has 0 N–H and O–H groups in total. The Morgan fingerprint density at radius 2 is 2.05 bits per heavy atom. The van der Waals surface area contributed by atoms with Crippen LogP contribution in [0.25, 0.3) is 11.2 Å². The van der Waals surface area contributed by atoms with Crippen molar-refractivity contribution in [2.45, 2.75) is 25.8 Å². The van der Waals surface area contributed by atoms with E-state index in [0.29, 0.717) is 6.54 Å². The second kappa shape index (κ2) is 4.90. The van der Waals surface area contributed by atoms with E-state index in [1.807, 2.05) is 49.9 Å². The van der Waals surface area contributed by atoms with Gasteiger partial charge < -0.3 is 4.57 Å². The Bertz CT molecular complexity index is 756. The van der Waals surface area contributed by atoms with Crippen LogP contribution in [0, 0.1) is 6.92 Å². The van der Waals surface area contributed by atoms with Gasteiger partial charge in [0, 0.05) is 18.9 Å². The van der Waals surface area contributed by atoms with Crippen LogP contribution in [0.1, 0.15) is 29.5 Å². The molecule has 20 heavy (non-hydrogen) atoms. The first-order valence-corrected chi connectivity index (χ1v) is 6.94. The minimum atomic E-state index is -0.173. The van der Waals surface area contributed by atoms with Crippen LogP contribution >= 0.6 is 11.6 Å². The molecule has 0 spiro atoms. The lowest BCUT2D eigenvalue weighted by Gasteiger charge is -2.08. The van der Waals surface area contributed by atoms with Crippen LogP contribution < -0.4 is 0 Å². The lowest BCUT2D eigenvalue weighted by molar-refractivity contribution is 0.685. The van der Waals surface area contributed by atoms with Gasteiger partial charge in [-0.25, -0.2) is 9.97 Å². The first-order valence-electron chi connectivity index (χ1n) is 6.51. The van der Waals surface area contributed by atoms with E-state index in [0.717, 1.165) is 28.4 Å². The molecular formula is C14H16ClN5. The monoisotopic (exact) mass is 289 g/mol. The van der Waals surface area contributed by atoms with Gasteiger partial charge in [0.2, 0.25) is 0 Å². The van der Waals surface area contributed by atoms with Crippen molar-refractivity contribution < 1.29 is 0 Å². The molecule has 0 saturated carbocycles. The van der Waals surface area contributed by atoms with Crippen LogP contribution in [-0.4, -0.2) is 24.3 Å². The summed E-state index contributed by atoms with van der Waals surface area (Å²) < 4.78 is 3.83. The van der Waals surface area contributed by atoms with Crippen molar-refractivity contribution in [3.8, 4) is 0 Å². The molecule has 0 aliphatic carbocycles. The maximum atomic E-state index is 6.25. The molecule has 3 heterocycles. The molecule has 3 aromatic heterocycles. The third-order valence-electron chi connectivity index (χ3n) is 3.21. The molecule has 0 radical (unpaired) electrons. The van der Waals surface area contributed by atoms with Gasteiger partial charge in [-0.3, -0.25) is 4.68 Å². The molecule has 0 aliphatic heterocycles. The number of aryl methyl sites for hydroxylation is 2. The van der Waals surface area contributed by atoms with Crippen LogP contribution in [-0.2, 0) is 13.6 Å². The van der Waals surface area contributed by atoms with Crippen LogP contribution in [0.2, 0.25) is 0 Å². The molecule has 3 aromatic rings. The molecule has 6 heteroatoms. The van der Waals surface area contributed by atoms with Gasteiger partial charge >= 0.3 is 0 Å². The number of alkyl halides is 1. The van der Waals surface area contributed by atoms with E-state index in [1.165, 1.54) is 0 Å². The predicted octanol–water partition coefficient (Wildman–Crippen LogP) is 2.82. The SMILES string of the molecule is Cc1ccc2nc(C(C)Cl)n(Cc3ccn(C)n3)c2n1. The van der Waals surface area contributed by atoms with Gasteiger partial charge in [0.15, 0.2) is 5.65 Å². The zero-order valence-electron chi connectivity index (χ0n) is 11.7. The summed E-state index contributed by atoms with van der Waals surface area (Å²) in [5.74, 6) is 0.824. The average Bonchev–Trinajstić information content (AvgIpc) is 2.95. The maximum Gasteiger partial charge on any atom is 0.160 e. The molecule has 0 saturated heterocycles. The molecule has 1 unspecified atom stereocenters. The minimum Gasteiger partial charge on any atom is -0.305 e. The Hall–Kier alpha value is -1.88. The number of halogens is 1. The number of hydrogen-bond acceptors (Lipinski definition) is 3. The van der Waals surface area contributed by atoms with Gasteiger partial charge in [0.05, 0.1) is 17.6 Å². The van der Waals surface area contributed by atoms with Crippen molar-refractivity contribution in [3.63, 3.8) is 0 Å². The van der Waals surface area contributed by atoms with Crippen LogP contribution in [0.3, 0.4) is 0 Å². The summed E-state index contributed by atoms with van der Waals surface area (Å²) in [5, 5.41) is 4.24. The van der Waals surface area contributed by atoms with E-state index in [9.17, 15) is 0 Å². The van der Waals surface area contributed by atoms with Crippen molar-refractivity contribution in [2.75, 3.05) is 0 Å². The average molecular weight is 290 g/mol. The fourth-order valence-electron chi connectivity index (χ4n) is 2.28. The fourth-order valence-corrected chi connectivity index (χ4v) is 2.45. The normalized spacial score (nSPS) is 13.0. The highest BCUT2D eigenvalue weighted by Gasteiger charge is 2.17. The number of pyridine rings is 1. The van der Waals surface area contributed by atoms with Crippen molar-refractivity contribution in [1.29, 1.82) is 0 Å². The molecule has 104 valence electrons. The summed E-state index contributed by atoms with van der Waals surface area (Å²) in [6.45, 7) is 4.52. The van der Waals surface area contributed by atoms with Gasteiger partial charge in [0.1, 0.15) is 11.3 Å². The van der Waals surface area contributed by atoms with Gasteiger partial charge in [-0.05, 0) is 32.0 Å². The highest BCUT2D eigenvalue weighted by Crippen LogP contribution is 2.24. The maximum absolute atomic E-state index is 6.25. The predicted molar refractivity (Wildman–Crippen MR) is 78.8 cm³/mol. The van der Waals surface area contributed by atoms with E-state index in [4.69, 9.17) is 11.6 Å². The zero-order chi connectivity index (χ0) is 14.3. The minimum absolute atomic E-state index is 0.173. The number of imidazole rings is 1. The van der Waals surface area contributed by atoms with E-state index in [1.54, 1.807) is 4.68 Å². The lowest BCUT2D eigenvalue weighted by Crippen LogP contribution is -2.07. The zero-order valence-corrected chi connectivity index (χ0v) is 12.5. The quantitative estimate of drug-likeness (QED) is 0.697. The standard InChI is InChI=1S/C14H16ClN5/c1-9-4-5-12-14(16-9)20(13(17-12)10(2)15)8-11-6-7-19(3)18-11/h4-7,10H,8H2,1-3H3. The summed E-state index contributed by atoms with van der Waals surface area (Å²) in [6.07, 6.45) is 1.93. The Morgan fingerprint density at radius 1 is 1.25 bits per heavy atom. The summed E-state index contributed by atoms with van der Waals surface area (Å²) in [4.78, 5) is 9.18. The topological polar surface area (TPSA) is 48.5 Å². The van der Waals surface area contributed by atoms with Gasteiger partial charge in [-0.2, -0.15) is 5.10 Å². The lowest BCUT2D eigenvalue weighted by atomic mass is 10.3. The Labute approximate surface area is 122 Å². The van der Waals surface area contributed by atoms with Crippen molar-refractivity contribution >= 4 is 22.8 Å². The highest BCUT2D eigenvalue weighted by atomic mass is 35.5. The van der Waals surface area contributed by atoms with Crippen LogP contribution in [0.15, 0.2) is 24.4 Å². The summed E-state index contributed by atoms with van der Waals surface area (Å²) in [6, 6.07) is 5.93. The molecule has 0 fully saturated rings. The first kappa shape index (κ1) is 13.1. The second-order valence-electron chi connectivity index (χ2n) is 4.95. The van der Waals surface area contributed by atoms with E-state index >= 15 is 0 Å². The smallest absolute Gasteiger partial charge is 0.160 e. The van der Waals surface area contributed by atoms with E-state index < -0.39 is 0 Å². The van der Waals surface area contributed by atoms with Crippen molar-refractivity contribution in [2.24, 2.45) is 7.05 Å². The molecular weight excluding hydrogens is 274 g/mol. The molecule has 0 aliphatic rings. The number of nitrogens with zero attached hydrogens (tertiary/aromatic N) is 5. The van der Waals surface area contributed by atoms with Crippen molar-refractivity contribution in [1.82, 2.24) is 24.3 Å². The van der Waals surface area contributed by atoms with Gasteiger partial charge in [-0.1, -0.05) is 0 Å². The van der Waals surface area contributed by atoms with E-state index in [-0.39, 0.29) is 5.38 Å². The molecule has 1 atom stereocenters. The molecule has 0 aromatic carbocycles. The Kier molecular flexibility index (Phi) is 3.22. The first-order chi connectivity index (χ1) is 9.54. The summed E-state index contributed by atoms with van der Waals surface area (Å²) in [7, 11) is 1.91. The third kappa shape index (κ3) is 2.29. The third-order valence-corrected chi connectivity index (χ3v) is 3.40. The summed E-state index contributed by atoms with van der Waals surface area (Å²) >= 11 is 6.25. The van der Waals surface area contributed by atoms with Crippen molar-refractivity contribution in [3.05, 3.63) is 41.6 Å². The number of fused-ring (bicyclic) bond motifs is 1. The molecule has 0 amide bonds. The van der Waals surface area contributed by atoms with Crippen LogP contribution in [0.4, 0.5) is 0 Å². The highest BCUT2D eigenvalue weighted by molar-refractivity contribution is 6.20. The molecule has 0 bridgehead atoms. The number of rotatable bonds is 3. The second-order valence-corrected chi connectivity index (χ2v) is 5.60. The largest absolute Gasteiger partial charge is 0.305 e. The van der Waals surface area contributed by atoms with E-state index in [2.05, 4.69) is 15.1 Å². The summed E-state index contributed by atoms with van der Waals surface area (Å²) in [5.41, 5.74) is 3.66. The Balaban J connectivity index is 2.15. The molecule has 5 nitrogen and oxygen atoms in total. The number of hydrogen-bond donors (Lipinski definition) is 0. The van der Waals surface area contributed by atoms with Gasteiger partial charge in [0.25, 0.3) is 0 Å². The van der Waals surface area contributed by atoms with Crippen LogP contribution in [0.5, 0.6) is 0 Å². The Morgan fingerprint density at radius 3 is 2.70 bits per heavy atom. The molecule has 3 rings (SSSR count). The number of aromatic nitrogens is 5. The fraction of sp³-hybridized carbons (Fsp3) is 0.357. The van der Waals surface area contributed by atoms with Gasteiger partial charge in [-0.15, -0.1) is 11.6 Å².